The first-order chi connectivity index (χ1) is 8.49. The third kappa shape index (κ3) is 3.48. The lowest BCUT2D eigenvalue weighted by Gasteiger charge is -2.26. The van der Waals surface area contributed by atoms with E-state index in [0.717, 1.165) is 24.2 Å². The minimum absolute atomic E-state index is 0.521. The van der Waals surface area contributed by atoms with Crippen LogP contribution < -0.4 is 4.90 Å². The van der Waals surface area contributed by atoms with E-state index in [9.17, 15) is 5.11 Å². The minimum atomic E-state index is -0.521. The van der Waals surface area contributed by atoms with Gasteiger partial charge in [-0.1, -0.05) is 26.3 Å². The summed E-state index contributed by atoms with van der Waals surface area (Å²) in [7, 11) is 2.01. The molecule has 1 rings (SSSR count). The SMILES string of the molecule is CCC(C)CN(C)c1cc(C#N)ccc1[C@H](C)O. The van der Waals surface area contributed by atoms with Crippen LogP contribution in [-0.4, -0.2) is 18.7 Å². The molecular formula is C15H22N2O. The Labute approximate surface area is 110 Å². The molecule has 0 spiro atoms. The molecule has 0 saturated heterocycles. The lowest BCUT2D eigenvalue weighted by atomic mass is 10.0. The van der Waals surface area contributed by atoms with Crippen molar-refractivity contribution >= 4 is 5.69 Å². The van der Waals surface area contributed by atoms with Crippen LogP contribution in [0.25, 0.3) is 0 Å². The lowest BCUT2D eigenvalue weighted by Crippen LogP contribution is -2.25. The maximum Gasteiger partial charge on any atom is 0.0992 e. The van der Waals surface area contributed by atoms with Crippen molar-refractivity contribution < 1.29 is 5.11 Å². The first-order valence-electron chi connectivity index (χ1n) is 6.42. The Kier molecular flexibility index (Phi) is 5.18. The van der Waals surface area contributed by atoms with Crippen LogP contribution in [0.3, 0.4) is 0 Å². The van der Waals surface area contributed by atoms with E-state index < -0.39 is 6.10 Å². The molecule has 3 nitrogen and oxygen atoms in total. The molecule has 0 bridgehead atoms. The van der Waals surface area contributed by atoms with Gasteiger partial charge in [-0.3, -0.25) is 0 Å². The number of benzene rings is 1. The number of aliphatic hydroxyl groups is 1. The van der Waals surface area contributed by atoms with Crippen molar-refractivity contribution in [3.63, 3.8) is 0 Å². The highest BCUT2D eigenvalue weighted by Gasteiger charge is 2.14. The molecule has 1 N–H and O–H groups in total. The predicted octanol–water partition coefficient (Wildman–Crippen LogP) is 3.09. The molecule has 3 heteroatoms. The quantitative estimate of drug-likeness (QED) is 0.868. The predicted molar refractivity (Wildman–Crippen MR) is 74.5 cm³/mol. The van der Waals surface area contributed by atoms with Gasteiger partial charge in [-0.05, 0) is 25.0 Å². The van der Waals surface area contributed by atoms with E-state index >= 15 is 0 Å². The first kappa shape index (κ1) is 14.5. The largest absolute Gasteiger partial charge is 0.389 e. The van der Waals surface area contributed by atoms with Gasteiger partial charge in [0.1, 0.15) is 0 Å². The molecule has 0 saturated carbocycles. The highest BCUT2D eigenvalue weighted by atomic mass is 16.3. The molecule has 2 atom stereocenters. The molecule has 0 aliphatic carbocycles. The second kappa shape index (κ2) is 6.42. The maximum absolute atomic E-state index is 9.80. The van der Waals surface area contributed by atoms with Crippen LogP contribution in [-0.2, 0) is 0 Å². The van der Waals surface area contributed by atoms with Crippen molar-refractivity contribution in [2.24, 2.45) is 5.92 Å². The molecule has 0 amide bonds. The normalized spacial score (nSPS) is 13.8. The number of hydrogen-bond donors (Lipinski definition) is 1. The summed E-state index contributed by atoms with van der Waals surface area (Å²) in [5, 5.41) is 18.8. The van der Waals surface area contributed by atoms with Crippen molar-refractivity contribution in [3.05, 3.63) is 29.3 Å². The van der Waals surface area contributed by atoms with Crippen LogP contribution >= 0.6 is 0 Å². The zero-order valence-corrected chi connectivity index (χ0v) is 11.6. The van der Waals surface area contributed by atoms with Crippen LogP contribution in [0, 0.1) is 17.2 Å². The van der Waals surface area contributed by atoms with Crippen molar-refractivity contribution in [1.29, 1.82) is 5.26 Å². The minimum Gasteiger partial charge on any atom is -0.389 e. The van der Waals surface area contributed by atoms with Crippen LogP contribution in [0.4, 0.5) is 5.69 Å². The van der Waals surface area contributed by atoms with Crippen LogP contribution in [0.15, 0.2) is 18.2 Å². The molecule has 0 radical (unpaired) electrons. The molecular weight excluding hydrogens is 224 g/mol. The van der Waals surface area contributed by atoms with E-state index in [0.29, 0.717) is 11.5 Å². The van der Waals surface area contributed by atoms with Gasteiger partial charge in [0.25, 0.3) is 0 Å². The van der Waals surface area contributed by atoms with Gasteiger partial charge < -0.3 is 10.0 Å². The average molecular weight is 246 g/mol. The molecule has 0 fully saturated rings. The van der Waals surface area contributed by atoms with Crippen molar-refractivity contribution in [2.75, 3.05) is 18.5 Å². The topological polar surface area (TPSA) is 47.3 Å². The standard InChI is InChI=1S/C15H22N2O/c1-5-11(2)10-17(4)15-8-13(9-16)6-7-14(15)12(3)18/h6-8,11-12,18H,5,10H2,1-4H3/t11?,12-/m0/s1. The van der Waals surface area contributed by atoms with Crippen molar-refractivity contribution in [2.45, 2.75) is 33.3 Å². The van der Waals surface area contributed by atoms with E-state index in [4.69, 9.17) is 5.26 Å². The fraction of sp³-hybridized carbons (Fsp3) is 0.533. The molecule has 18 heavy (non-hydrogen) atoms. The van der Waals surface area contributed by atoms with E-state index in [1.54, 1.807) is 13.0 Å². The summed E-state index contributed by atoms with van der Waals surface area (Å²) in [6.07, 6.45) is 0.596. The van der Waals surface area contributed by atoms with E-state index in [1.165, 1.54) is 0 Å². The lowest BCUT2D eigenvalue weighted by molar-refractivity contribution is 0.199. The zero-order chi connectivity index (χ0) is 13.7. The molecule has 1 unspecified atom stereocenters. The third-order valence-electron chi connectivity index (χ3n) is 3.30. The number of rotatable bonds is 5. The van der Waals surface area contributed by atoms with Crippen LogP contribution in [0.1, 0.15) is 44.4 Å². The number of nitrogens with zero attached hydrogens (tertiary/aromatic N) is 2. The van der Waals surface area contributed by atoms with Gasteiger partial charge in [-0.2, -0.15) is 5.26 Å². The monoisotopic (exact) mass is 246 g/mol. The molecule has 98 valence electrons. The molecule has 1 aromatic rings. The molecule has 0 aromatic heterocycles. The number of nitriles is 1. The molecule has 0 aliphatic rings. The van der Waals surface area contributed by atoms with E-state index in [1.807, 2.05) is 19.2 Å². The maximum atomic E-state index is 9.80. The Bertz CT molecular complexity index is 435. The second-order valence-corrected chi connectivity index (χ2v) is 4.96. The van der Waals surface area contributed by atoms with Gasteiger partial charge in [-0.15, -0.1) is 0 Å². The fourth-order valence-corrected chi connectivity index (χ4v) is 1.99. The third-order valence-corrected chi connectivity index (χ3v) is 3.30. The Morgan fingerprint density at radius 2 is 2.06 bits per heavy atom. The van der Waals surface area contributed by atoms with E-state index in [-0.39, 0.29) is 0 Å². The highest BCUT2D eigenvalue weighted by Crippen LogP contribution is 2.27. The Morgan fingerprint density at radius 1 is 1.39 bits per heavy atom. The average Bonchev–Trinajstić information content (AvgIpc) is 2.37. The molecule has 0 aliphatic heterocycles. The number of anilines is 1. The van der Waals surface area contributed by atoms with Gasteiger partial charge in [0.2, 0.25) is 0 Å². The van der Waals surface area contributed by atoms with Gasteiger partial charge in [0, 0.05) is 24.8 Å². The summed E-state index contributed by atoms with van der Waals surface area (Å²) in [5.41, 5.74) is 2.45. The summed E-state index contributed by atoms with van der Waals surface area (Å²) in [6.45, 7) is 7.04. The molecule has 0 heterocycles. The van der Waals surface area contributed by atoms with Gasteiger partial charge in [0.05, 0.1) is 17.7 Å². The summed E-state index contributed by atoms with van der Waals surface area (Å²) >= 11 is 0. The van der Waals surface area contributed by atoms with Crippen LogP contribution in [0.5, 0.6) is 0 Å². The Balaban J connectivity index is 3.07. The highest BCUT2D eigenvalue weighted by molar-refractivity contribution is 5.58. The smallest absolute Gasteiger partial charge is 0.0992 e. The molecule has 1 aromatic carbocycles. The number of hydrogen-bond acceptors (Lipinski definition) is 3. The van der Waals surface area contributed by atoms with Crippen molar-refractivity contribution in [1.82, 2.24) is 0 Å². The van der Waals surface area contributed by atoms with Crippen molar-refractivity contribution in [3.8, 4) is 6.07 Å². The van der Waals surface area contributed by atoms with Crippen LogP contribution in [0.2, 0.25) is 0 Å². The summed E-state index contributed by atoms with van der Waals surface area (Å²) in [6, 6.07) is 7.59. The second-order valence-electron chi connectivity index (χ2n) is 4.96. The number of aliphatic hydroxyl groups excluding tert-OH is 1. The Morgan fingerprint density at radius 3 is 2.56 bits per heavy atom. The van der Waals surface area contributed by atoms with E-state index in [2.05, 4.69) is 24.8 Å². The summed E-state index contributed by atoms with van der Waals surface area (Å²) < 4.78 is 0. The summed E-state index contributed by atoms with van der Waals surface area (Å²) in [5.74, 6) is 0.586. The van der Waals surface area contributed by atoms with Gasteiger partial charge >= 0.3 is 0 Å². The van der Waals surface area contributed by atoms with Gasteiger partial charge in [-0.25, -0.2) is 0 Å². The Hall–Kier alpha value is -1.53. The van der Waals surface area contributed by atoms with Gasteiger partial charge in [0.15, 0.2) is 0 Å². The fourth-order valence-electron chi connectivity index (χ4n) is 1.99. The zero-order valence-electron chi connectivity index (χ0n) is 11.6. The first-order valence-corrected chi connectivity index (χ1v) is 6.42. The summed E-state index contributed by atoms with van der Waals surface area (Å²) in [4.78, 5) is 2.12.